The van der Waals surface area contributed by atoms with Gasteiger partial charge in [0.25, 0.3) is 5.91 Å². The molecule has 0 heterocycles. The molecule has 1 amide bonds. The van der Waals surface area contributed by atoms with Gasteiger partial charge in [0.05, 0.1) is 0 Å². The van der Waals surface area contributed by atoms with Gasteiger partial charge in [0.1, 0.15) is 0 Å². The maximum Gasteiger partial charge on any atom is 0.251 e. The molecule has 0 saturated heterocycles. The van der Waals surface area contributed by atoms with E-state index >= 15 is 0 Å². The largest absolute Gasteiger partial charge is 0.352 e. The number of rotatable bonds is 5. The van der Waals surface area contributed by atoms with Gasteiger partial charge in [-0.3, -0.25) is 4.79 Å². The van der Waals surface area contributed by atoms with E-state index in [0.717, 1.165) is 40.7 Å². The maximum atomic E-state index is 12.5. The predicted molar refractivity (Wildman–Crippen MR) is 179 cm³/mol. The fourth-order valence-corrected chi connectivity index (χ4v) is 13.1. The van der Waals surface area contributed by atoms with Gasteiger partial charge in [-0.05, 0) is 158 Å². The van der Waals surface area contributed by atoms with E-state index in [9.17, 15) is 4.79 Å². The Morgan fingerprint density at radius 3 is 2.35 bits per heavy atom. The van der Waals surface area contributed by atoms with E-state index in [-0.39, 0.29) is 5.91 Å². The number of fused-ring (bicyclic) bond motifs is 7. The zero-order valence-electron chi connectivity index (χ0n) is 27.8. The molecule has 5 fully saturated rings. The average Bonchev–Trinajstić information content (AvgIpc) is 3.41. The summed E-state index contributed by atoms with van der Waals surface area (Å²) in [6.45, 7) is 13.4. The third-order valence-electron chi connectivity index (χ3n) is 14.7. The average molecular weight is 580 g/mol. The van der Waals surface area contributed by atoms with Gasteiger partial charge in [0.15, 0.2) is 0 Å². The van der Waals surface area contributed by atoms with Crippen molar-refractivity contribution in [2.75, 3.05) is 6.54 Å². The van der Waals surface area contributed by atoms with Gasteiger partial charge in [-0.1, -0.05) is 76.9 Å². The monoisotopic (exact) mass is 579 g/mol. The predicted octanol–water partition coefficient (Wildman–Crippen LogP) is 10.5. The standard InChI is InChI=1S/C41H57NO/c1-6-42-37(43)31-14-8-13-30(26-31)29-12-7-11-28(25-29)27-41-22-9-15-34(41)32-16-17-36-39(4,33(32)18-24-41)23-19-35-38(2,3)20-10-21-40(35,36)5/h7-8,11-14,25-26,32-36H,6,9-10,15-24,27H2,1-5H3,(H,42,43). The molecule has 8 atom stereocenters. The third-order valence-corrected chi connectivity index (χ3v) is 14.7. The van der Waals surface area contributed by atoms with Crippen LogP contribution in [0.3, 0.4) is 0 Å². The summed E-state index contributed by atoms with van der Waals surface area (Å²) in [6.07, 6.45) is 18.8. The minimum absolute atomic E-state index is 0.0167. The summed E-state index contributed by atoms with van der Waals surface area (Å²) >= 11 is 0. The Hall–Kier alpha value is -2.09. The first-order chi connectivity index (χ1) is 20.6. The molecular weight excluding hydrogens is 522 g/mol. The summed E-state index contributed by atoms with van der Waals surface area (Å²) in [5.74, 6) is 4.65. The summed E-state index contributed by atoms with van der Waals surface area (Å²) in [6, 6.07) is 17.5. The van der Waals surface area contributed by atoms with Crippen molar-refractivity contribution in [2.24, 2.45) is 51.2 Å². The Kier molecular flexibility index (Phi) is 7.42. The van der Waals surface area contributed by atoms with E-state index in [4.69, 9.17) is 0 Å². The Balaban J connectivity index is 1.13. The van der Waals surface area contributed by atoms with Crippen LogP contribution >= 0.6 is 0 Å². The first-order valence-corrected chi connectivity index (χ1v) is 18.1. The van der Waals surface area contributed by atoms with Crippen molar-refractivity contribution in [3.8, 4) is 11.1 Å². The van der Waals surface area contributed by atoms with Crippen LogP contribution in [0.1, 0.15) is 128 Å². The van der Waals surface area contributed by atoms with Crippen molar-refractivity contribution in [3.05, 3.63) is 59.7 Å². The van der Waals surface area contributed by atoms with Gasteiger partial charge in [-0.15, -0.1) is 0 Å². The van der Waals surface area contributed by atoms with Crippen molar-refractivity contribution in [1.29, 1.82) is 0 Å². The molecule has 0 aromatic heterocycles. The Morgan fingerprint density at radius 2 is 1.53 bits per heavy atom. The number of hydrogen-bond donors (Lipinski definition) is 1. The highest BCUT2D eigenvalue weighted by Crippen LogP contribution is 2.73. The van der Waals surface area contributed by atoms with Gasteiger partial charge in [0, 0.05) is 12.1 Å². The molecule has 7 rings (SSSR count). The van der Waals surface area contributed by atoms with E-state index in [2.05, 4.69) is 69.4 Å². The van der Waals surface area contributed by atoms with Gasteiger partial charge < -0.3 is 5.32 Å². The number of carbonyl (C=O) groups excluding carboxylic acids is 1. The van der Waals surface area contributed by atoms with Crippen LogP contribution < -0.4 is 5.32 Å². The molecule has 0 bridgehead atoms. The molecule has 5 saturated carbocycles. The van der Waals surface area contributed by atoms with E-state index in [1.54, 1.807) is 0 Å². The van der Waals surface area contributed by atoms with Crippen molar-refractivity contribution in [3.63, 3.8) is 0 Å². The maximum absolute atomic E-state index is 12.5. The second-order valence-corrected chi connectivity index (χ2v) is 17.1. The smallest absolute Gasteiger partial charge is 0.251 e. The Labute approximate surface area is 262 Å². The van der Waals surface area contributed by atoms with Gasteiger partial charge in [-0.2, -0.15) is 0 Å². The number of hydrogen-bond acceptors (Lipinski definition) is 1. The van der Waals surface area contributed by atoms with Gasteiger partial charge in [-0.25, -0.2) is 0 Å². The second-order valence-electron chi connectivity index (χ2n) is 17.1. The lowest BCUT2D eigenvalue weighted by molar-refractivity contribution is -0.195. The molecule has 0 radical (unpaired) electrons. The summed E-state index contributed by atoms with van der Waals surface area (Å²) in [5, 5.41) is 2.95. The third kappa shape index (κ3) is 4.75. The highest BCUT2D eigenvalue weighted by molar-refractivity contribution is 5.95. The summed E-state index contributed by atoms with van der Waals surface area (Å²) < 4.78 is 0. The molecule has 0 spiro atoms. The van der Waals surface area contributed by atoms with Gasteiger partial charge in [0.2, 0.25) is 0 Å². The number of benzene rings is 2. The molecular formula is C41H57NO. The molecule has 2 heteroatoms. The van der Waals surface area contributed by atoms with Crippen molar-refractivity contribution in [1.82, 2.24) is 5.32 Å². The first kappa shape index (κ1) is 29.6. The fraction of sp³-hybridized carbons (Fsp3) is 0.683. The minimum atomic E-state index is 0.0167. The van der Waals surface area contributed by atoms with Crippen LogP contribution in [0.5, 0.6) is 0 Å². The molecule has 0 aliphatic heterocycles. The lowest BCUT2D eigenvalue weighted by Crippen LogP contribution is -2.61. The normalized spacial score (nSPS) is 39.6. The molecule has 43 heavy (non-hydrogen) atoms. The summed E-state index contributed by atoms with van der Waals surface area (Å²) in [4.78, 5) is 12.5. The van der Waals surface area contributed by atoms with E-state index < -0.39 is 0 Å². The number of nitrogens with one attached hydrogen (secondary N) is 1. The second kappa shape index (κ2) is 10.8. The van der Waals surface area contributed by atoms with Crippen molar-refractivity contribution < 1.29 is 4.79 Å². The van der Waals surface area contributed by atoms with E-state index in [1.807, 2.05) is 19.1 Å². The highest BCUT2D eigenvalue weighted by atomic mass is 16.1. The Morgan fingerprint density at radius 1 is 0.744 bits per heavy atom. The van der Waals surface area contributed by atoms with E-state index in [0.29, 0.717) is 28.2 Å². The molecule has 2 nitrogen and oxygen atoms in total. The fourth-order valence-electron chi connectivity index (χ4n) is 13.1. The lowest BCUT2D eigenvalue weighted by atomic mass is 9.36. The molecule has 5 aliphatic rings. The minimum Gasteiger partial charge on any atom is -0.352 e. The lowest BCUT2D eigenvalue weighted by Gasteiger charge is -2.68. The van der Waals surface area contributed by atoms with Crippen LogP contribution in [0.15, 0.2) is 48.5 Å². The molecule has 8 unspecified atom stereocenters. The molecule has 2 aromatic carbocycles. The van der Waals surface area contributed by atoms with Crippen LogP contribution in [0, 0.1) is 51.2 Å². The van der Waals surface area contributed by atoms with Crippen LogP contribution in [0.4, 0.5) is 0 Å². The quantitative estimate of drug-likeness (QED) is 0.375. The number of carbonyl (C=O) groups is 1. The van der Waals surface area contributed by atoms with Crippen LogP contribution in [-0.2, 0) is 6.42 Å². The van der Waals surface area contributed by atoms with Crippen LogP contribution in [0.25, 0.3) is 11.1 Å². The zero-order valence-corrected chi connectivity index (χ0v) is 27.8. The van der Waals surface area contributed by atoms with Crippen LogP contribution in [-0.4, -0.2) is 12.5 Å². The molecule has 1 N–H and O–H groups in total. The highest BCUT2D eigenvalue weighted by Gasteiger charge is 2.65. The van der Waals surface area contributed by atoms with Gasteiger partial charge >= 0.3 is 0 Å². The zero-order chi connectivity index (χ0) is 30.0. The van der Waals surface area contributed by atoms with E-state index in [1.165, 1.54) is 94.6 Å². The topological polar surface area (TPSA) is 29.1 Å². The summed E-state index contributed by atoms with van der Waals surface area (Å²) in [5.41, 5.74) is 6.76. The summed E-state index contributed by atoms with van der Waals surface area (Å²) in [7, 11) is 0. The number of amides is 1. The van der Waals surface area contributed by atoms with Crippen LogP contribution in [0.2, 0.25) is 0 Å². The molecule has 2 aromatic rings. The van der Waals surface area contributed by atoms with Crippen molar-refractivity contribution in [2.45, 2.75) is 118 Å². The first-order valence-electron chi connectivity index (χ1n) is 18.1. The molecule has 232 valence electrons. The molecule has 5 aliphatic carbocycles. The SMILES string of the molecule is CCNC(=O)c1cccc(-c2cccc(CC34CCCC3C3CCC5C(C)(CCC6C(C)(C)CCCC65C)C3CC4)c2)c1. The van der Waals surface area contributed by atoms with Crippen molar-refractivity contribution >= 4 is 5.91 Å². The Bertz CT molecular complexity index is 1360.